The van der Waals surface area contributed by atoms with E-state index >= 15 is 0 Å². The molecule has 1 atom stereocenters. The van der Waals surface area contributed by atoms with Crippen molar-refractivity contribution in [2.75, 3.05) is 16.0 Å². The Morgan fingerprint density at radius 2 is 1.73 bits per heavy atom. The summed E-state index contributed by atoms with van der Waals surface area (Å²) < 4.78 is 13.1. The molecule has 0 radical (unpaired) electrons. The maximum atomic E-state index is 13.1. The molecule has 0 saturated carbocycles. The molecule has 10 heteroatoms. The number of fused-ring (bicyclic) bond motifs is 1. The fraction of sp³-hybridized carbons (Fsp3) is 0.100. The molecule has 0 spiro atoms. The average molecular weight is 428 g/mol. The molecule has 1 aromatic heterocycles. The van der Waals surface area contributed by atoms with Crippen molar-refractivity contribution in [1.82, 2.24) is 9.97 Å². The molecule has 0 saturated heterocycles. The summed E-state index contributed by atoms with van der Waals surface area (Å²) in [6, 6.07) is 11.9. The van der Waals surface area contributed by atoms with Crippen molar-refractivity contribution in [3.63, 3.8) is 0 Å². The molecule has 3 aromatic rings. The van der Waals surface area contributed by atoms with E-state index in [0.29, 0.717) is 16.4 Å². The minimum Gasteiger partial charge on any atom is -0.326 e. The highest BCUT2D eigenvalue weighted by atomic mass is 35.5. The lowest BCUT2D eigenvalue weighted by Crippen LogP contribution is -2.36. The molecule has 4 N–H and O–H groups in total. The van der Waals surface area contributed by atoms with Gasteiger partial charge in [0, 0.05) is 22.8 Å². The van der Waals surface area contributed by atoms with Crippen molar-refractivity contribution in [1.29, 1.82) is 0 Å². The lowest BCUT2D eigenvalue weighted by Gasteiger charge is -2.23. The zero-order valence-corrected chi connectivity index (χ0v) is 16.1. The second-order valence-corrected chi connectivity index (χ2v) is 7.05. The van der Waals surface area contributed by atoms with Crippen LogP contribution >= 0.6 is 11.6 Å². The van der Waals surface area contributed by atoms with Crippen LogP contribution in [0.2, 0.25) is 5.02 Å². The molecular formula is C20H15ClFN5O3. The van der Waals surface area contributed by atoms with E-state index in [4.69, 9.17) is 11.6 Å². The van der Waals surface area contributed by atoms with Crippen LogP contribution in [-0.2, 0) is 9.59 Å². The van der Waals surface area contributed by atoms with Gasteiger partial charge in [0.05, 0.1) is 11.5 Å². The Labute approximate surface area is 174 Å². The smallest absolute Gasteiger partial charge is 0.258 e. The Morgan fingerprint density at radius 1 is 1.07 bits per heavy atom. The van der Waals surface area contributed by atoms with Gasteiger partial charge in [0.25, 0.3) is 5.56 Å². The number of H-pyrrole nitrogens is 1. The van der Waals surface area contributed by atoms with Gasteiger partial charge in [-0.3, -0.25) is 19.4 Å². The zero-order valence-electron chi connectivity index (χ0n) is 15.3. The third kappa shape index (κ3) is 4.15. The summed E-state index contributed by atoms with van der Waals surface area (Å²) in [7, 11) is 0. The molecular weight excluding hydrogens is 413 g/mol. The molecule has 2 aromatic carbocycles. The molecule has 1 aliphatic heterocycles. The number of anilines is 4. The first-order valence-corrected chi connectivity index (χ1v) is 9.30. The number of hydrogen-bond donors (Lipinski definition) is 4. The Kier molecular flexibility index (Phi) is 5.20. The molecule has 2 amide bonds. The van der Waals surface area contributed by atoms with Gasteiger partial charge >= 0.3 is 0 Å². The van der Waals surface area contributed by atoms with E-state index in [1.807, 2.05) is 0 Å². The number of benzene rings is 2. The zero-order chi connectivity index (χ0) is 21.3. The van der Waals surface area contributed by atoms with Crippen molar-refractivity contribution in [3.05, 3.63) is 75.3 Å². The third-order valence-corrected chi connectivity index (χ3v) is 4.74. The summed E-state index contributed by atoms with van der Waals surface area (Å²) in [5, 5.41) is 8.54. The molecule has 30 heavy (non-hydrogen) atoms. The summed E-state index contributed by atoms with van der Waals surface area (Å²) in [6.45, 7) is 0. The Bertz CT molecular complexity index is 1180. The minimum absolute atomic E-state index is 0.00383. The minimum atomic E-state index is -1.01. The van der Waals surface area contributed by atoms with Gasteiger partial charge in [0.1, 0.15) is 11.6 Å². The number of carbonyl (C=O) groups is 2. The van der Waals surface area contributed by atoms with Crippen molar-refractivity contribution >= 4 is 46.6 Å². The van der Waals surface area contributed by atoms with Crippen LogP contribution in [0.15, 0.2) is 53.3 Å². The van der Waals surface area contributed by atoms with E-state index in [1.54, 1.807) is 24.3 Å². The van der Waals surface area contributed by atoms with Crippen molar-refractivity contribution in [2.24, 2.45) is 0 Å². The SMILES string of the molecule is O=C1C[C@H](C(=O)Nc2ccc(Cl)cc2)c2c(nc(Nc3ccc(F)cc3)[nH]c2=O)N1. The van der Waals surface area contributed by atoms with Crippen LogP contribution in [-0.4, -0.2) is 21.8 Å². The number of nitrogens with zero attached hydrogens (tertiary/aromatic N) is 1. The van der Waals surface area contributed by atoms with Crippen LogP contribution in [0.5, 0.6) is 0 Å². The summed E-state index contributed by atoms with van der Waals surface area (Å²) in [5.41, 5.74) is 0.459. The number of nitrogens with one attached hydrogen (secondary N) is 4. The van der Waals surface area contributed by atoms with E-state index < -0.39 is 29.1 Å². The molecule has 4 rings (SSSR count). The molecule has 1 aliphatic rings. The Hall–Kier alpha value is -3.72. The topological polar surface area (TPSA) is 116 Å². The van der Waals surface area contributed by atoms with Crippen molar-refractivity contribution in [3.8, 4) is 0 Å². The van der Waals surface area contributed by atoms with Gasteiger partial charge in [-0.1, -0.05) is 11.6 Å². The maximum Gasteiger partial charge on any atom is 0.258 e. The quantitative estimate of drug-likeness (QED) is 0.509. The number of halogens is 2. The molecule has 2 heterocycles. The van der Waals surface area contributed by atoms with E-state index in [-0.39, 0.29) is 23.8 Å². The first-order chi connectivity index (χ1) is 14.4. The number of aromatic amines is 1. The molecule has 152 valence electrons. The molecule has 0 aliphatic carbocycles. The third-order valence-electron chi connectivity index (χ3n) is 4.49. The van der Waals surface area contributed by atoms with E-state index in [9.17, 15) is 18.8 Å². The standard InChI is InChI=1S/C20H15ClFN5O3/c21-10-1-5-12(6-2-10)23-18(29)14-9-15(28)25-17-16(14)19(30)27-20(26-17)24-13-7-3-11(22)4-8-13/h1-8,14H,9H2,(H,23,29)(H3,24,25,26,27,28,30)/t14-/m0/s1. The molecule has 0 bridgehead atoms. The summed E-state index contributed by atoms with van der Waals surface area (Å²) in [6.07, 6.45) is -0.193. The van der Waals surface area contributed by atoms with Gasteiger partial charge in [0.15, 0.2) is 0 Å². The highest BCUT2D eigenvalue weighted by molar-refractivity contribution is 6.30. The van der Waals surface area contributed by atoms with Gasteiger partial charge in [-0.15, -0.1) is 0 Å². The van der Waals surface area contributed by atoms with Crippen LogP contribution in [0.1, 0.15) is 17.9 Å². The number of amides is 2. The van der Waals surface area contributed by atoms with Gasteiger partial charge in [-0.05, 0) is 48.5 Å². The second-order valence-electron chi connectivity index (χ2n) is 6.61. The maximum absolute atomic E-state index is 13.1. The van der Waals surface area contributed by atoms with Gasteiger partial charge in [-0.25, -0.2) is 4.39 Å². The van der Waals surface area contributed by atoms with Crippen LogP contribution < -0.4 is 21.5 Å². The largest absolute Gasteiger partial charge is 0.326 e. The first kappa shape index (κ1) is 19.6. The summed E-state index contributed by atoms with van der Waals surface area (Å²) >= 11 is 5.84. The molecule has 8 nitrogen and oxygen atoms in total. The Morgan fingerprint density at radius 3 is 2.43 bits per heavy atom. The fourth-order valence-electron chi connectivity index (χ4n) is 3.09. The van der Waals surface area contributed by atoms with Crippen LogP contribution in [0.3, 0.4) is 0 Å². The van der Waals surface area contributed by atoms with E-state index in [0.717, 1.165) is 0 Å². The number of aromatic nitrogens is 2. The van der Waals surface area contributed by atoms with Gasteiger partial charge in [0.2, 0.25) is 17.8 Å². The molecule has 0 fully saturated rings. The van der Waals surface area contributed by atoms with Crippen molar-refractivity contribution < 1.29 is 14.0 Å². The predicted molar refractivity (Wildman–Crippen MR) is 111 cm³/mol. The van der Waals surface area contributed by atoms with Gasteiger partial charge in [-0.2, -0.15) is 4.98 Å². The van der Waals surface area contributed by atoms with E-state index in [2.05, 4.69) is 25.9 Å². The Balaban J connectivity index is 1.62. The summed E-state index contributed by atoms with van der Waals surface area (Å²) in [5.74, 6) is -2.33. The number of carbonyl (C=O) groups excluding carboxylic acids is 2. The second kappa shape index (κ2) is 7.96. The highest BCUT2D eigenvalue weighted by Gasteiger charge is 2.34. The highest BCUT2D eigenvalue weighted by Crippen LogP contribution is 2.30. The average Bonchev–Trinajstić information content (AvgIpc) is 2.70. The number of hydrogen-bond acceptors (Lipinski definition) is 5. The monoisotopic (exact) mass is 427 g/mol. The van der Waals surface area contributed by atoms with E-state index in [1.165, 1.54) is 24.3 Å². The molecule has 0 unspecified atom stereocenters. The van der Waals surface area contributed by atoms with Crippen LogP contribution in [0.4, 0.5) is 27.5 Å². The van der Waals surface area contributed by atoms with Gasteiger partial charge < -0.3 is 16.0 Å². The normalized spacial score (nSPS) is 15.1. The van der Waals surface area contributed by atoms with Crippen LogP contribution in [0.25, 0.3) is 0 Å². The lowest BCUT2D eigenvalue weighted by atomic mass is 9.92. The van der Waals surface area contributed by atoms with Crippen molar-refractivity contribution in [2.45, 2.75) is 12.3 Å². The predicted octanol–water partition coefficient (Wildman–Crippen LogP) is 3.37. The first-order valence-electron chi connectivity index (χ1n) is 8.92. The van der Waals surface area contributed by atoms with Crippen LogP contribution in [0, 0.1) is 5.82 Å². The fourth-order valence-corrected chi connectivity index (χ4v) is 3.21. The summed E-state index contributed by atoms with van der Waals surface area (Å²) in [4.78, 5) is 44.4. The number of rotatable bonds is 4. The lowest BCUT2D eigenvalue weighted by molar-refractivity contribution is -0.123.